The Morgan fingerprint density at radius 2 is 1.77 bits per heavy atom. The number of piperidine rings is 1. The molecule has 8 nitrogen and oxygen atoms in total. The van der Waals surface area contributed by atoms with Gasteiger partial charge in [0.15, 0.2) is 0 Å². The Balaban J connectivity index is 1.78. The van der Waals surface area contributed by atoms with Crippen LogP contribution in [0.2, 0.25) is 0 Å². The number of esters is 1. The average molecular weight is 361 g/mol. The van der Waals surface area contributed by atoms with Crippen LogP contribution in [-0.2, 0) is 9.47 Å². The van der Waals surface area contributed by atoms with Gasteiger partial charge >= 0.3 is 18.1 Å². The Hall–Kier alpha value is -3.03. The third kappa shape index (κ3) is 5.51. The van der Waals surface area contributed by atoms with Gasteiger partial charge in [-0.2, -0.15) is 0 Å². The summed E-state index contributed by atoms with van der Waals surface area (Å²) in [5, 5.41) is 5.59. The number of carbonyl (C=O) groups excluding carboxylic acids is 3. The second-order valence-corrected chi connectivity index (χ2v) is 6.00. The number of hydrogen-bond donors (Lipinski definition) is 2. The molecule has 1 saturated heterocycles. The number of rotatable bonds is 4. The largest absolute Gasteiger partial charge is 0.465 e. The molecule has 0 unspecified atom stereocenters. The molecule has 1 heterocycles. The number of amides is 3. The molecule has 0 radical (unpaired) electrons. The molecule has 1 aliphatic heterocycles. The fraction of sp³-hybridized carbons (Fsp3) is 0.389. The van der Waals surface area contributed by atoms with Crippen molar-refractivity contribution < 1.29 is 23.9 Å². The summed E-state index contributed by atoms with van der Waals surface area (Å²) in [5.41, 5.74) is 0.977. The number of methoxy groups -OCH3 is 1. The highest BCUT2D eigenvalue weighted by atomic mass is 16.6. The molecule has 1 aromatic carbocycles. The van der Waals surface area contributed by atoms with Crippen LogP contribution in [-0.4, -0.2) is 49.2 Å². The highest BCUT2D eigenvalue weighted by Gasteiger charge is 2.25. The number of allylic oxidation sites excluding steroid dienone is 1. The molecule has 140 valence electrons. The van der Waals surface area contributed by atoms with Crippen molar-refractivity contribution in [3.8, 4) is 0 Å². The molecule has 1 aliphatic rings. The first-order valence-corrected chi connectivity index (χ1v) is 8.27. The summed E-state index contributed by atoms with van der Waals surface area (Å²) in [6.45, 7) is 6.17. The second kappa shape index (κ2) is 8.89. The van der Waals surface area contributed by atoms with Crippen molar-refractivity contribution in [1.29, 1.82) is 0 Å². The van der Waals surface area contributed by atoms with Crippen LogP contribution in [0.1, 0.15) is 30.1 Å². The molecule has 26 heavy (non-hydrogen) atoms. The van der Waals surface area contributed by atoms with Crippen LogP contribution >= 0.6 is 0 Å². The second-order valence-electron chi connectivity index (χ2n) is 6.00. The molecule has 0 aromatic heterocycles. The highest BCUT2D eigenvalue weighted by molar-refractivity contribution is 5.92. The number of ether oxygens (including phenoxy) is 2. The third-order valence-electron chi connectivity index (χ3n) is 3.91. The van der Waals surface area contributed by atoms with E-state index in [9.17, 15) is 14.4 Å². The van der Waals surface area contributed by atoms with Gasteiger partial charge in [0.2, 0.25) is 0 Å². The Bertz CT molecular complexity index is 679. The molecule has 8 heteroatoms. The van der Waals surface area contributed by atoms with Crippen LogP contribution in [0, 0.1) is 0 Å². The monoisotopic (exact) mass is 361 g/mol. The SMILES string of the molecule is C=C(C)OC(=O)N1CCC(NC(=O)Nc2ccc(C(=O)OC)cc2)CC1. The quantitative estimate of drug-likeness (QED) is 0.635. The molecule has 1 fully saturated rings. The minimum Gasteiger partial charge on any atom is -0.465 e. The Kier molecular flexibility index (Phi) is 6.60. The van der Waals surface area contributed by atoms with Gasteiger partial charge in [0, 0.05) is 24.8 Å². The van der Waals surface area contributed by atoms with Crippen LogP contribution in [0.3, 0.4) is 0 Å². The Morgan fingerprint density at radius 1 is 1.15 bits per heavy atom. The van der Waals surface area contributed by atoms with Crippen LogP contribution < -0.4 is 10.6 Å². The zero-order valence-corrected chi connectivity index (χ0v) is 14.9. The molecular weight excluding hydrogens is 338 g/mol. The van der Waals surface area contributed by atoms with E-state index in [1.807, 2.05) is 0 Å². The van der Waals surface area contributed by atoms with E-state index in [0.29, 0.717) is 42.9 Å². The lowest BCUT2D eigenvalue weighted by atomic mass is 10.1. The normalized spacial score (nSPS) is 14.3. The average Bonchev–Trinajstić information content (AvgIpc) is 2.61. The maximum atomic E-state index is 12.1. The van der Waals surface area contributed by atoms with E-state index in [0.717, 1.165) is 0 Å². The Labute approximate surface area is 152 Å². The maximum absolute atomic E-state index is 12.1. The van der Waals surface area contributed by atoms with Gasteiger partial charge in [0.05, 0.1) is 18.4 Å². The van der Waals surface area contributed by atoms with Crippen molar-refractivity contribution in [2.45, 2.75) is 25.8 Å². The van der Waals surface area contributed by atoms with E-state index in [1.165, 1.54) is 7.11 Å². The molecule has 0 atom stereocenters. The molecule has 2 N–H and O–H groups in total. The first-order valence-electron chi connectivity index (χ1n) is 8.27. The van der Waals surface area contributed by atoms with Crippen molar-refractivity contribution in [3.63, 3.8) is 0 Å². The standard InChI is InChI=1S/C18H23N3O5/c1-12(2)26-18(24)21-10-8-15(9-11-21)20-17(23)19-14-6-4-13(5-7-14)16(22)25-3/h4-7,15H,1,8-11H2,2-3H3,(H2,19,20,23). The summed E-state index contributed by atoms with van der Waals surface area (Å²) >= 11 is 0. The van der Waals surface area contributed by atoms with Gasteiger partial charge in [-0.3, -0.25) is 0 Å². The van der Waals surface area contributed by atoms with Crippen molar-refractivity contribution in [3.05, 3.63) is 42.2 Å². The minimum atomic E-state index is -0.432. The first-order chi connectivity index (χ1) is 12.4. The predicted octanol–water partition coefficient (Wildman–Crippen LogP) is 2.73. The van der Waals surface area contributed by atoms with Crippen LogP contribution in [0.5, 0.6) is 0 Å². The fourth-order valence-corrected chi connectivity index (χ4v) is 2.58. The fourth-order valence-electron chi connectivity index (χ4n) is 2.58. The molecule has 2 rings (SSSR count). The lowest BCUT2D eigenvalue weighted by Gasteiger charge is -2.31. The number of nitrogens with zero attached hydrogens (tertiary/aromatic N) is 1. The summed E-state index contributed by atoms with van der Waals surface area (Å²) in [7, 11) is 1.31. The summed E-state index contributed by atoms with van der Waals surface area (Å²) in [4.78, 5) is 36.8. The molecule has 0 saturated carbocycles. The van der Waals surface area contributed by atoms with Gasteiger partial charge in [-0.05, 0) is 44.0 Å². The van der Waals surface area contributed by atoms with Gasteiger partial charge in [0.25, 0.3) is 0 Å². The van der Waals surface area contributed by atoms with Crippen molar-refractivity contribution >= 4 is 23.8 Å². The summed E-state index contributed by atoms with van der Waals surface area (Å²) in [6, 6.07) is 6.04. The Morgan fingerprint density at radius 3 is 2.31 bits per heavy atom. The number of urea groups is 1. The van der Waals surface area contributed by atoms with Crippen LogP contribution in [0.25, 0.3) is 0 Å². The predicted molar refractivity (Wildman–Crippen MR) is 95.8 cm³/mol. The first kappa shape index (κ1) is 19.3. The van der Waals surface area contributed by atoms with Gasteiger partial charge in [0.1, 0.15) is 0 Å². The van der Waals surface area contributed by atoms with Crippen molar-refractivity contribution in [1.82, 2.24) is 10.2 Å². The van der Waals surface area contributed by atoms with E-state index in [4.69, 9.17) is 4.74 Å². The molecule has 0 bridgehead atoms. The number of anilines is 1. The van der Waals surface area contributed by atoms with E-state index in [2.05, 4.69) is 21.9 Å². The van der Waals surface area contributed by atoms with Gasteiger partial charge < -0.3 is 25.0 Å². The number of carbonyl (C=O) groups is 3. The third-order valence-corrected chi connectivity index (χ3v) is 3.91. The zero-order chi connectivity index (χ0) is 19.1. The molecule has 1 aromatic rings. The number of benzene rings is 1. The number of nitrogens with one attached hydrogen (secondary N) is 2. The minimum absolute atomic E-state index is 0.0294. The van der Waals surface area contributed by atoms with Gasteiger partial charge in [-0.1, -0.05) is 6.58 Å². The van der Waals surface area contributed by atoms with Crippen molar-refractivity contribution in [2.24, 2.45) is 0 Å². The highest BCUT2D eigenvalue weighted by Crippen LogP contribution is 2.14. The number of hydrogen-bond acceptors (Lipinski definition) is 5. The van der Waals surface area contributed by atoms with Gasteiger partial charge in [-0.25, -0.2) is 14.4 Å². The van der Waals surface area contributed by atoms with Gasteiger partial charge in [-0.15, -0.1) is 0 Å². The van der Waals surface area contributed by atoms with E-state index >= 15 is 0 Å². The number of likely N-dealkylation sites (tertiary alicyclic amines) is 1. The van der Waals surface area contributed by atoms with Crippen LogP contribution in [0.15, 0.2) is 36.6 Å². The summed E-state index contributed by atoms with van der Waals surface area (Å²) in [5.74, 6) is -0.0780. The lowest BCUT2D eigenvalue weighted by molar-refractivity contribution is 0.0600. The molecule has 0 spiro atoms. The topological polar surface area (TPSA) is 97.0 Å². The van der Waals surface area contributed by atoms with E-state index in [1.54, 1.807) is 36.1 Å². The van der Waals surface area contributed by atoms with Crippen LogP contribution in [0.4, 0.5) is 15.3 Å². The summed E-state index contributed by atoms with van der Waals surface area (Å²) < 4.78 is 9.60. The van der Waals surface area contributed by atoms with E-state index < -0.39 is 12.1 Å². The maximum Gasteiger partial charge on any atom is 0.414 e. The lowest BCUT2D eigenvalue weighted by Crippen LogP contribution is -2.47. The zero-order valence-electron chi connectivity index (χ0n) is 14.9. The smallest absolute Gasteiger partial charge is 0.414 e. The van der Waals surface area contributed by atoms with Crippen molar-refractivity contribution in [2.75, 3.05) is 25.5 Å². The van der Waals surface area contributed by atoms with E-state index in [-0.39, 0.29) is 12.1 Å². The molecular formula is C18H23N3O5. The molecule has 0 aliphatic carbocycles. The summed E-state index contributed by atoms with van der Waals surface area (Å²) in [6.07, 6.45) is 0.867. The molecule has 3 amide bonds.